The summed E-state index contributed by atoms with van der Waals surface area (Å²) < 4.78 is 1.73. The molecule has 1 aromatic heterocycles. The maximum Gasteiger partial charge on any atom is 0.260 e. The first kappa shape index (κ1) is 17.4. The number of hydrogen-bond donors (Lipinski definition) is 1. The minimum absolute atomic E-state index is 0.125. The van der Waals surface area contributed by atoms with Crippen LogP contribution in [0.3, 0.4) is 0 Å². The molecule has 2 aromatic carbocycles. The molecule has 1 fully saturated rings. The first-order chi connectivity index (χ1) is 14.1. The molecule has 0 unspecified atom stereocenters. The topological polar surface area (TPSA) is 80.1 Å². The zero-order valence-electron chi connectivity index (χ0n) is 15.9. The Kier molecular flexibility index (Phi) is 4.01. The van der Waals surface area contributed by atoms with Gasteiger partial charge in [-0.25, -0.2) is 9.58 Å². The van der Waals surface area contributed by atoms with Gasteiger partial charge in [0.25, 0.3) is 5.95 Å². The molecular weight excluding hydrogens is 366 g/mol. The van der Waals surface area contributed by atoms with Gasteiger partial charge in [0.2, 0.25) is 17.8 Å². The van der Waals surface area contributed by atoms with Crippen LogP contribution in [0.15, 0.2) is 60.7 Å². The fraction of sp³-hybridized carbons (Fsp3) is 0.182. The van der Waals surface area contributed by atoms with E-state index in [9.17, 15) is 9.59 Å². The van der Waals surface area contributed by atoms with Gasteiger partial charge in [-0.1, -0.05) is 60.2 Å². The van der Waals surface area contributed by atoms with E-state index in [1.807, 2.05) is 37.3 Å². The van der Waals surface area contributed by atoms with Gasteiger partial charge in [0.1, 0.15) is 6.04 Å². The number of carbonyl (C=O) groups excluding carboxylic acids is 2. The normalized spacial score (nSPS) is 18.4. The monoisotopic (exact) mass is 385 g/mol. The molecule has 144 valence electrons. The molecule has 2 aliphatic heterocycles. The number of rotatable bonds is 3. The van der Waals surface area contributed by atoms with Crippen LogP contribution < -0.4 is 10.2 Å². The van der Waals surface area contributed by atoms with E-state index in [2.05, 4.69) is 45.7 Å². The summed E-state index contributed by atoms with van der Waals surface area (Å²) in [5, 5.41) is 7.82. The van der Waals surface area contributed by atoms with Gasteiger partial charge in [0, 0.05) is 18.5 Å². The molecule has 29 heavy (non-hydrogen) atoms. The van der Waals surface area contributed by atoms with E-state index in [0.29, 0.717) is 5.95 Å². The predicted molar refractivity (Wildman–Crippen MR) is 109 cm³/mol. The van der Waals surface area contributed by atoms with Crippen LogP contribution in [-0.2, 0) is 9.59 Å². The van der Waals surface area contributed by atoms with Crippen molar-refractivity contribution < 1.29 is 9.59 Å². The maximum atomic E-state index is 12.2. The Morgan fingerprint density at radius 1 is 0.966 bits per heavy atom. The molecule has 3 heterocycles. The number of nitrogens with zero attached hydrogens (tertiary/aromatic N) is 4. The van der Waals surface area contributed by atoms with E-state index >= 15 is 0 Å². The smallest absolute Gasteiger partial charge is 0.260 e. The van der Waals surface area contributed by atoms with Crippen LogP contribution in [0, 0.1) is 6.92 Å². The third-order valence-corrected chi connectivity index (χ3v) is 5.21. The molecule has 1 atom stereocenters. The van der Waals surface area contributed by atoms with Crippen LogP contribution in [0.25, 0.3) is 5.70 Å². The third-order valence-electron chi connectivity index (χ3n) is 5.21. The number of hydrogen-bond acceptors (Lipinski definition) is 5. The highest BCUT2D eigenvalue weighted by Crippen LogP contribution is 2.34. The van der Waals surface area contributed by atoms with Crippen molar-refractivity contribution in [3.63, 3.8) is 0 Å². The second-order valence-corrected chi connectivity index (χ2v) is 7.23. The van der Waals surface area contributed by atoms with Gasteiger partial charge in [-0.2, -0.15) is 4.98 Å². The number of amides is 2. The summed E-state index contributed by atoms with van der Waals surface area (Å²) >= 11 is 0. The average Bonchev–Trinajstić information content (AvgIpc) is 3.30. The second kappa shape index (κ2) is 6.70. The van der Waals surface area contributed by atoms with Gasteiger partial charge >= 0.3 is 0 Å². The summed E-state index contributed by atoms with van der Waals surface area (Å²) in [6, 6.07) is 18.0. The molecule has 7 heteroatoms. The molecule has 5 rings (SSSR count). The maximum absolute atomic E-state index is 12.2. The number of aryl methyl sites for hydroxylation is 1. The summed E-state index contributed by atoms with van der Waals surface area (Å²) in [5.74, 6) is 0.0985. The molecular formula is C22H19N5O2. The minimum Gasteiger partial charge on any atom is -0.324 e. The molecule has 0 aliphatic carbocycles. The highest BCUT2D eigenvalue weighted by molar-refractivity contribution is 6.18. The standard InChI is InChI=1S/C22H19N5O2/c1-14-7-9-16(10-8-14)18-13-17(15-5-3-2-4-6-15)23-21-24-22(25-27(18)21)26-19(28)11-12-20(26)29/h2-10,13,18H,11-12H2,1H3,(H,23,24,25)/t18-/m0/s1. The van der Waals surface area contributed by atoms with Crippen LogP contribution in [0.1, 0.15) is 35.6 Å². The van der Waals surface area contributed by atoms with Crippen molar-refractivity contribution >= 4 is 29.4 Å². The fourth-order valence-corrected chi connectivity index (χ4v) is 3.66. The van der Waals surface area contributed by atoms with Crippen molar-refractivity contribution in [3.8, 4) is 0 Å². The number of nitrogens with one attached hydrogen (secondary N) is 1. The molecule has 0 radical (unpaired) electrons. The lowest BCUT2D eigenvalue weighted by molar-refractivity contribution is -0.121. The van der Waals surface area contributed by atoms with Crippen LogP contribution in [0.5, 0.6) is 0 Å². The number of imide groups is 1. The largest absolute Gasteiger partial charge is 0.324 e. The zero-order chi connectivity index (χ0) is 20.0. The Hall–Kier alpha value is -3.74. The molecule has 1 saturated heterocycles. The van der Waals surface area contributed by atoms with Crippen LogP contribution in [0.4, 0.5) is 11.9 Å². The summed E-state index contributed by atoms with van der Waals surface area (Å²) in [7, 11) is 0. The van der Waals surface area contributed by atoms with Gasteiger partial charge in [-0.15, -0.1) is 5.10 Å². The van der Waals surface area contributed by atoms with Gasteiger partial charge in [0.15, 0.2) is 0 Å². The lowest BCUT2D eigenvalue weighted by Gasteiger charge is -2.24. The predicted octanol–water partition coefficient (Wildman–Crippen LogP) is 3.30. The average molecular weight is 385 g/mol. The summed E-state index contributed by atoms with van der Waals surface area (Å²) in [6.45, 7) is 2.04. The Morgan fingerprint density at radius 2 is 1.66 bits per heavy atom. The lowest BCUT2D eigenvalue weighted by atomic mass is 10.0. The van der Waals surface area contributed by atoms with Crippen LogP contribution in [0.2, 0.25) is 0 Å². The van der Waals surface area contributed by atoms with Crippen molar-refractivity contribution in [2.24, 2.45) is 0 Å². The highest BCUT2D eigenvalue weighted by Gasteiger charge is 2.35. The van der Waals surface area contributed by atoms with E-state index in [-0.39, 0.29) is 36.6 Å². The highest BCUT2D eigenvalue weighted by atomic mass is 16.2. The number of fused-ring (bicyclic) bond motifs is 1. The van der Waals surface area contributed by atoms with Gasteiger partial charge in [-0.05, 0) is 24.1 Å². The fourth-order valence-electron chi connectivity index (χ4n) is 3.66. The Bertz CT molecular complexity index is 1120. The van der Waals surface area contributed by atoms with Crippen molar-refractivity contribution in [2.45, 2.75) is 25.8 Å². The molecule has 0 bridgehead atoms. The van der Waals surface area contributed by atoms with Gasteiger partial charge < -0.3 is 5.32 Å². The van der Waals surface area contributed by atoms with Gasteiger partial charge in [-0.3, -0.25) is 9.59 Å². The number of aromatic nitrogens is 3. The van der Waals surface area contributed by atoms with E-state index < -0.39 is 0 Å². The van der Waals surface area contributed by atoms with E-state index in [4.69, 9.17) is 0 Å². The van der Waals surface area contributed by atoms with E-state index in [1.165, 1.54) is 5.56 Å². The zero-order valence-corrected chi connectivity index (χ0v) is 15.9. The molecule has 0 spiro atoms. The van der Waals surface area contributed by atoms with Crippen LogP contribution in [-0.4, -0.2) is 26.6 Å². The Morgan fingerprint density at radius 3 is 2.34 bits per heavy atom. The third kappa shape index (κ3) is 3.00. The first-order valence-corrected chi connectivity index (χ1v) is 9.53. The molecule has 2 amide bonds. The summed E-state index contributed by atoms with van der Waals surface area (Å²) in [5.41, 5.74) is 4.14. The Labute approximate surface area is 167 Å². The molecule has 1 N–H and O–H groups in total. The number of benzene rings is 2. The van der Waals surface area contributed by atoms with Crippen molar-refractivity contribution in [2.75, 3.05) is 10.2 Å². The Balaban J connectivity index is 1.61. The van der Waals surface area contributed by atoms with Crippen molar-refractivity contribution in [3.05, 3.63) is 77.4 Å². The van der Waals surface area contributed by atoms with Crippen molar-refractivity contribution in [1.29, 1.82) is 0 Å². The van der Waals surface area contributed by atoms with Crippen LogP contribution >= 0.6 is 0 Å². The number of allylic oxidation sites excluding steroid dienone is 1. The van der Waals surface area contributed by atoms with Gasteiger partial charge in [0.05, 0.1) is 0 Å². The molecule has 7 nitrogen and oxygen atoms in total. The molecule has 2 aliphatic rings. The van der Waals surface area contributed by atoms with E-state index in [1.54, 1.807) is 4.68 Å². The quantitative estimate of drug-likeness (QED) is 0.700. The SMILES string of the molecule is Cc1ccc([C@@H]2C=C(c3ccccc3)Nc3nc(N4C(=O)CCC4=O)nn32)cc1. The minimum atomic E-state index is -0.263. The number of anilines is 2. The first-order valence-electron chi connectivity index (χ1n) is 9.53. The second-order valence-electron chi connectivity index (χ2n) is 7.23. The number of carbonyl (C=O) groups is 2. The van der Waals surface area contributed by atoms with Crippen molar-refractivity contribution in [1.82, 2.24) is 14.8 Å². The molecule has 3 aromatic rings. The summed E-state index contributed by atoms with van der Waals surface area (Å²) in [4.78, 5) is 29.9. The summed E-state index contributed by atoms with van der Waals surface area (Å²) in [6.07, 6.45) is 2.48. The molecule has 0 saturated carbocycles. The van der Waals surface area contributed by atoms with E-state index in [0.717, 1.165) is 21.7 Å². The lowest BCUT2D eigenvalue weighted by Crippen LogP contribution is -2.29.